The van der Waals surface area contributed by atoms with Crippen LogP contribution in [0.1, 0.15) is 11.1 Å². The van der Waals surface area contributed by atoms with E-state index in [4.69, 9.17) is 9.15 Å². The molecule has 0 bridgehead atoms. The Bertz CT molecular complexity index is 2530. The van der Waals surface area contributed by atoms with Gasteiger partial charge in [0.2, 0.25) is 11.2 Å². The van der Waals surface area contributed by atoms with Crippen LogP contribution < -0.4 is 13.9 Å². The smallest absolute Gasteiger partial charge is 0.425 e. The number of hydrogen-bond acceptors (Lipinski definition) is 2. The van der Waals surface area contributed by atoms with Crippen molar-refractivity contribution in [2.24, 2.45) is 0 Å². The van der Waals surface area contributed by atoms with Crippen molar-refractivity contribution in [3.05, 3.63) is 145 Å². The van der Waals surface area contributed by atoms with E-state index in [-0.39, 0.29) is 0 Å². The maximum atomic E-state index is 6.94. The van der Waals surface area contributed by atoms with E-state index < -0.39 is 5.66 Å². The second kappa shape index (κ2) is 7.36. The lowest BCUT2D eigenvalue weighted by molar-refractivity contribution is -0.950. The molecule has 11 rings (SSSR count). The summed E-state index contributed by atoms with van der Waals surface area (Å²) in [6, 6.07) is 42.8. The van der Waals surface area contributed by atoms with Crippen molar-refractivity contribution in [3.63, 3.8) is 0 Å². The Kier molecular flexibility index (Phi) is 3.75. The fourth-order valence-corrected chi connectivity index (χ4v) is 8.21. The molecule has 1 spiro atoms. The lowest BCUT2D eigenvalue weighted by Gasteiger charge is -2.25. The van der Waals surface area contributed by atoms with E-state index >= 15 is 0 Å². The van der Waals surface area contributed by atoms with Crippen LogP contribution >= 0.6 is 0 Å². The van der Waals surface area contributed by atoms with Gasteiger partial charge in [0.25, 0.3) is 0 Å². The van der Waals surface area contributed by atoms with Gasteiger partial charge in [-0.25, -0.2) is 0 Å². The molecule has 0 saturated carbocycles. The van der Waals surface area contributed by atoms with Gasteiger partial charge in [0.15, 0.2) is 23.5 Å². The number of rotatable bonds is 2. The third-order valence-electron chi connectivity index (χ3n) is 9.69. The number of ether oxygens (including phenoxy) is 1. The number of nitrogens with zero attached hydrogens (tertiary/aromatic N) is 2. The van der Waals surface area contributed by atoms with Gasteiger partial charge in [-0.15, -0.1) is 9.13 Å². The number of aromatic nitrogens is 2. The van der Waals surface area contributed by atoms with E-state index in [0.29, 0.717) is 0 Å². The Morgan fingerprint density at radius 1 is 0.488 bits per heavy atom. The van der Waals surface area contributed by atoms with Crippen molar-refractivity contribution in [3.8, 4) is 45.4 Å². The van der Waals surface area contributed by atoms with Crippen LogP contribution in [-0.2, 0) is 5.66 Å². The van der Waals surface area contributed by atoms with Gasteiger partial charge in [-0.3, -0.25) is 0 Å². The van der Waals surface area contributed by atoms with Gasteiger partial charge in [0.05, 0.1) is 16.3 Å². The molecule has 0 fully saturated rings. The van der Waals surface area contributed by atoms with Gasteiger partial charge < -0.3 is 9.15 Å². The molecule has 198 valence electrons. The van der Waals surface area contributed by atoms with Crippen molar-refractivity contribution >= 4 is 32.4 Å². The molecule has 8 aromatic rings. The summed E-state index contributed by atoms with van der Waals surface area (Å²) in [5.74, 6) is 3.60. The zero-order valence-corrected chi connectivity index (χ0v) is 22.9. The first-order valence-corrected chi connectivity index (χ1v) is 14.7. The molecule has 0 radical (unpaired) electrons. The first kappa shape index (κ1) is 21.9. The number of benzene rings is 5. The minimum absolute atomic E-state index is 0.590. The highest BCUT2D eigenvalue weighted by molar-refractivity contribution is 6.31. The van der Waals surface area contributed by atoms with Gasteiger partial charge in [-0.05, 0) is 36.4 Å². The third-order valence-corrected chi connectivity index (χ3v) is 9.69. The standard InChI is InChI=1S/C39H22N2O2/c1-3-11-23(12-4-1)37-31-26-19-20-30-35-33(26)36-27(32(31)38(43-37)24-13-5-2-6-14-24)16-10-22-41(36)39(35)34-25(15-9-18-29(34)42-30)28-17-7-8-21-40(28)39/h1-22H/q+2. The Hall–Kier alpha value is -5.74. The van der Waals surface area contributed by atoms with Crippen molar-refractivity contribution in [2.45, 2.75) is 5.66 Å². The van der Waals surface area contributed by atoms with Crippen molar-refractivity contribution in [1.82, 2.24) is 0 Å². The molecular weight excluding hydrogens is 528 g/mol. The van der Waals surface area contributed by atoms with Crippen LogP contribution in [0.15, 0.2) is 138 Å². The monoisotopic (exact) mass is 550 g/mol. The van der Waals surface area contributed by atoms with E-state index in [1.165, 1.54) is 44.1 Å². The van der Waals surface area contributed by atoms with E-state index in [1.807, 2.05) is 0 Å². The fourth-order valence-electron chi connectivity index (χ4n) is 8.21. The second-order valence-electron chi connectivity index (χ2n) is 11.7. The van der Waals surface area contributed by atoms with Crippen LogP contribution in [0.4, 0.5) is 0 Å². The van der Waals surface area contributed by atoms with Crippen molar-refractivity contribution in [1.29, 1.82) is 0 Å². The summed E-state index contributed by atoms with van der Waals surface area (Å²) >= 11 is 0. The molecule has 3 aliphatic rings. The molecule has 1 unspecified atom stereocenters. The van der Waals surface area contributed by atoms with Crippen LogP contribution in [0.2, 0.25) is 0 Å². The molecule has 3 aliphatic heterocycles. The molecule has 0 amide bonds. The zero-order valence-electron chi connectivity index (χ0n) is 22.9. The highest BCUT2D eigenvalue weighted by atomic mass is 16.5. The van der Waals surface area contributed by atoms with Crippen molar-refractivity contribution in [2.75, 3.05) is 0 Å². The number of pyridine rings is 2. The summed E-state index contributed by atoms with van der Waals surface area (Å²) in [5.41, 5.74) is 7.54. The molecule has 43 heavy (non-hydrogen) atoms. The maximum Gasteiger partial charge on any atom is 0.425 e. The second-order valence-corrected chi connectivity index (χ2v) is 11.7. The molecule has 0 aliphatic carbocycles. The van der Waals surface area contributed by atoms with Gasteiger partial charge in [0, 0.05) is 45.5 Å². The summed E-state index contributed by atoms with van der Waals surface area (Å²) in [6.07, 6.45) is 4.48. The summed E-state index contributed by atoms with van der Waals surface area (Å²) in [5, 5.41) is 5.86. The topological polar surface area (TPSA) is 30.1 Å². The summed E-state index contributed by atoms with van der Waals surface area (Å²) in [6.45, 7) is 0. The minimum atomic E-state index is -0.590. The predicted molar refractivity (Wildman–Crippen MR) is 166 cm³/mol. The van der Waals surface area contributed by atoms with Crippen molar-refractivity contribution < 1.29 is 18.3 Å². The van der Waals surface area contributed by atoms with Gasteiger partial charge in [0.1, 0.15) is 23.0 Å². The quantitative estimate of drug-likeness (QED) is 0.160. The Morgan fingerprint density at radius 3 is 1.98 bits per heavy atom. The third kappa shape index (κ3) is 2.36. The average molecular weight is 551 g/mol. The molecule has 4 heteroatoms. The van der Waals surface area contributed by atoms with E-state index in [2.05, 4.69) is 143 Å². The minimum Gasteiger partial charge on any atom is -0.456 e. The van der Waals surface area contributed by atoms with Gasteiger partial charge >= 0.3 is 5.66 Å². The Morgan fingerprint density at radius 2 is 1.19 bits per heavy atom. The average Bonchev–Trinajstić information content (AvgIpc) is 3.72. The molecule has 0 saturated heterocycles. The molecule has 6 heterocycles. The SMILES string of the molecule is c1ccc(-c2oc(-c3ccccc3)c3c4ccc[n+]5c4c4c6c(ccc4c23)Oc2cccc3c2C65[n+]2ccccc2-3)cc1. The first-order chi connectivity index (χ1) is 21.4. The normalized spacial score (nSPS) is 16.7. The molecule has 4 nitrogen and oxygen atoms in total. The Labute approximate surface area is 246 Å². The maximum absolute atomic E-state index is 6.94. The number of furan rings is 1. The number of fused-ring (bicyclic) bond motifs is 5. The lowest BCUT2D eigenvalue weighted by atomic mass is 9.85. The summed E-state index contributed by atoms with van der Waals surface area (Å²) in [7, 11) is 0. The Balaban J connectivity index is 1.42. The van der Waals surface area contributed by atoms with Crippen LogP contribution in [-0.4, -0.2) is 0 Å². The molecule has 1 atom stereocenters. The molecule has 3 aromatic heterocycles. The van der Waals surface area contributed by atoms with E-state index in [1.54, 1.807) is 0 Å². The first-order valence-electron chi connectivity index (χ1n) is 14.7. The highest BCUT2D eigenvalue weighted by Crippen LogP contribution is 2.59. The molecular formula is C39H22N2O2+2. The summed E-state index contributed by atoms with van der Waals surface area (Å²) in [4.78, 5) is 0. The number of hydrogen-bond donors (Lipinski definition) is 0. The zero-order chi connectivity index (χ0) is 27.9. The van der Waals surface area contributed by atoms with Crippen LogP contribution in [0.5, 0.6) is 11.5 Å². The van der Waals surface area contributed by atoms with Crippen LogP contribution in [0.3, 0.4) is 0 Å². The summed E-state index contributed by atoms with van der Waals surface area (Å²) < 4.78 is 18.6. The van der Waals surface area contributed by atoms with E-state index in [0.717, 1.165) is 44.9 Å². The van der Waals surface area contributed by atoms with Gasteiger partial charge in [-0.2, -0.15) is 0 Å². The van der Waals surface area contributed by atoms with Crippen LogP contribution in [0, 0.1) is 0 Å². The molecule has 0 N–H and O–H groups in total. The highest BCUT2D eigenvalue weighted by Gasteiger charge is 2.70. The lowest BCUT2D eigenvalue weighted by Crippen LogP contribution is -2.71. The predicted octanol–water partition coefficient (Wildman–Crippen LogP) is 8.35. The van der Waals surface area contributed by atoms with Crippen LogP contribution in [0.25, 0.3) is 66.4 Å². The molecule has 5 aromatic carbocycles. The van der Waals surface area contributed by atoms with Gasteiger partial charge in [-0.1, -0.05) is 66.7 Å². The largest absolute Gasteiger partial charge is 0.456 e. The van der Waals surface area contributed by atoms with E-state index in [9.17, 15) is 0 Å². The fraction of sp³-hybridized carbons (Fsp3) is 0.0256.